The molecule has 346 valence electrons. The van der Waals surface area contributed by atoms with Crippen molar-refractivity contribution in [2.45, 2.75) is 110 Å². The van der Waals surface area contributed by atoms with Crippen LogP contribution in [-0.4, -0.2) is 93.1 Å². The minimum absolute atomic E-state index is 0.103. The highest BCUT2D eigenvalue weighted by molar-refractivity contribution is 5.88. The van der Waals surface area contributed by atoms with E-state index in [0.29, 0.717) is 19.0 Å². The summed E-state index contributed by atoms with van der Waals surface area (Å²) in [4.78, 5) is 72.7. The zero-order chi connectivity index (χ0) is 46.2. The molecule has 4 N–H and O–H groups in total. The van der Waals surface area contributed by atoms with E-state index in [4.69, 9.17) is 19.4 Å². The summed E-state index contributed by atoms with van der Waals surface area (Å²) in [5.41, 5.74) is 12.5. The summed E-state index contributed by atoms with van der Waals surface area (Å²) < 4.78 is 9.64. The number of nitrogens with one attached hydrogen (secondary N) is 4. The van der Waals surface area contributed by atoms with Crippen LogP contribution in [0, 0.1) is 17.8 Å². The molecule has 3 aromatic carbocycles. The lowest BCUT2D eigenvalue weighted by Crippen LogP contribution is -2.51. The Balaban J connectivity index is 0.930. The van der Waals surface area contributed by atoms with Crippen LogP contribution in [0.3, 0.4) is 0 Å². The van der Waals surface area contributed by atoms with Crippen molar-refractivity contribution in [2.24, 2.45) is 17.8 Å². The first-order valence-corrected chi connectivity index (χ1v) is 23.7. The lowest BCUT2D eigenvalue weighted by Gasteiger charge is -2.29. The first-order valence-electron chi connectivity index (χ1n) is 23.7. The number of nitrogens with zero attached hydrogens (tertiary/aromatic N) is 4. The number of likely N-dealkylation sites (tertiary alicyclic amines) is 2. The topological polar surface area (TPSA) is 175 Å². The Morgan fingerprint density at radius 1 is 0.682 bits per heavy atom. The van der Waals surface area contributed by atoms with E-state index in [0.717, 1.165) is 97.1 Å². The first kappa shape index (κ1) is 44.7. The van der Waals surface area contributed by atoms with Gasteiger partial charge in [0.1, 0.15) is 23.7 Å². The number of benzene rings is 3. The Labute approximate surface area is 386 Å². The molecule has 7 aliphatic rings. The maximum atomic E-state index is 13.8. The molecule has 3 unspecified atom stereocenters. The number of aromatic nitrogens is 4. The number of hydrogen-bond donors (Lipinski definition) is 4. The highest BCUT2D eigenvalue weighted by Gasteiger charge is 2.39. The Morgan fingerprint density at radius 3 is 1.80 bits per heavy atom. The molecular formula is C52H62N8O6. The van der Waals surface area contributed by atoms with Crippen LogP contribution < -0.4 is 10.6 Å². The smallest absolute Gasteiger partial charge is 0.407 e. The highest BCUT2D eigenvalue weighted by atomic mass is 16.5. The molecule has 14 heteroatoms. The van der Waals surface area contributed by atoms with Gasteiger partial charge in [0, 0.05) is 13.1 Å². The molecule has 2 aliphatic heterocycles. The van der Waals surface area contributed by atoms with Gasteiger partial charge in [-0.1, -0.05) is 75.8 Å². The maximum Gasteiger partial charge on any atom is 0.407 e. The molecule has 4 heterocycles. The van der Waals surface area contributed by atoms with E-state index in [9.17, 15) is 19.2 Å². The third kappa shape index (κ3) is 8.93. The molecule has 12 rings (SSSR count). The molecular weight excluding hydrogens is 833 g/mol. The number of rotatable bonds is 10. The molecule has 66 heavy (non-hydrogen) atoms. The van der Waals surface area contributed by atoms with Crippen molar-refractivity contribution in [1.82, 2.24) is 40.4 Å². The van der Waals surface area contributed by atoms with Crippen LogP contribution in [0.2, 0.25) is 0 Å². The van der Waals surface area contributed by atoms with Crippen LogP contribution in [0.4, 0.5) is 9.59 Å². The van der Waals surface area contributed by atoms with Crippen LogP contribution in [0.15, 0.2) is 72.3 Å². The third-order valence-corrected chi connectivity index (χ3v) is 14.2. The molecule has 4 bridgehead atoms. The van der Waals surface area contributed by atoms with E-state index in [1.165, 1.54) is 47.6 Å². The number of methoxy groups -OCH3 is 2. The highest BCUT2D eigenvalue weighted by Crippen LogP contribution is 2.41. The van der Waals surface area contributed by atoms with E-state index >= 15 is 0 Å². The van der Waals surface area contributed by atoms with Crippen molar-refractivity contribution in [3.8, 4) is 11.1 Å². The van der Waals surface area contributed by atoms with Crippen molar-refractivity contribution in [1.29, 1.82) is 0 Å². The average molecular weight is 895 g/mol. The van der Waals surface area contributed by atoms with Gasteiger partial charge in [-0.15, -0.1) is 0 Å². The van der Waals surface area contributed by atoms with Gasteiger partial charge in [-0.3, -0.25) is 9.59 Å². The number of ether oxygens (including phenoxy) is 2. The average Bonchev–Trinajstić information content (AvgIpc) is 4.15. The summed E-state index contributed by atoms with van der Waals surface area (Å²) in [5, 5.41) is 5.48. The lowest BCUT2D eigenvalue weighted by atomic mass is 9.79. The summed E-state index contributed by atoms with van der Waals surface area (Å²) in [5.74, 6) is 1.44. The molecule has 5 aromatic rings. The van der Waals surface area contributed by atoms with Crippen LogP contribution in [-0.2, 0) is 31.9 Å². The zero-order valence-electron chi connectivity index (χ0n) is 38.9. The number of hydrogen-bond acceptors (Lipinski definition) is 8. The van der Waals surface area contributed by atoms with E-state index in [1.807, 2.05) is 37.5 Å². The van der Waals surface area contributed by atoms with Gasteiger partial charge in [-0.25, -0.2) is 19.6 Å². The van der Waals surface area contributed by atoms with Gasteiger partial charge < -0.3 is 39.9 Å². The monoisotopic (exact) mass is 894 g/mol. The Hall–Kier alpha value is -6.44. The van der Waals surface area contributed by atoms with Gasteiger partial charge in [-0.2, -0.15) is 0 Å². The van der Waals surface area contributed by atoms with Gasteiger partial charge in [0.15, 0.2) is 0 Å². The first-order chi connectivity index (χ1) is 31.9. The van der Waals surface area contributed by atoms with Crippen LogP contribution in [0.1, 0.15) is 113 Å². The van der Waals surface area contributed by atoms with Crippen molar-refractivity contribution in [2.75, 3.05) is 27.3 Å². The minimum atomic E-state index is -0.688. The van der Waals surface area contributed by atoms with Crippen LogP contribution >= 0.6 is 0 Å². The fourth-order valence-corrected chi connectivity index (χ4v) is 10.6. The van der Waals surface area contributed by atoms with E-state index in [-0.39, 0.29) is 35.7 Å². The predicted molar refractivity (Wildman–Crippen MR) is 254 cm³/mol. The summed E-state index contributed by atoms with van der Waals surface area (Å²) >= 11 is 0. The number of imidazole rings is 2. The number of fused-ring (bicyclic) bond motifs is 2. The number of allylic oxidation sites excluding steroid dienone is 4. The summed E-state index contributed by atoms with van der Waals surface area (Å²) in [6, 6.07) is 18.2. The Bertz CT molecular complexity index is 2730. The SMILES string of the molecule is COC(=O)N[C@H](C(=O)N1CCCC1c1nc2ccc(C3=CC4=CCC3CCc3ccc(c(-c5ccc6nc(C7CCCN7C(=O)[C@@H](NC(=O)OC)C(C)C)[nH]c6c5)c3)CC4)cc2[nH]1)C(C)C. The standard InChI is InChI=1S/C52H62N8O6/c1-29(2)45(57-51(63)65-5)49(61)59-23-7-9-43(59)47-53-39-21-19-35(27-41(39)55-47)37-25-31-11-15-33(37)17-13-32-12-16-34(18-14-31)38(26-32)36-20-22-40-42(28-36)56-48(54-40)44-10-8-24-60(44)50(62)46(30(3)4)58-52(64)66-6/h11-12,15,19-22,25-30,34,43-46H,7-10,13-14,16-18,23-24H2,1-6H3,(H,53,55)(H,54,56)(H,57,63)(H,58,64)/t34?,43?,44?,45-,46-/m0/s1. The largest absolute Gasteiger partial charge is 0.453 e. The van der Waals surface area contributed by atoms with Crippen LogP contribution in [0.5, 0.6) is 0 Å². The van der Waals surface area contributed by atoms with Crippen molar-refractivity contribution >= 4 is 51.6 Å². The van der Waals surface area contributed by atoms with Crippen LogP contribution in [0.25, 0.3) is 38.8 Å². The number of carbonyl (C=O) groups excluding carboxylic acids is 4. The summed E-state index contributed by atoms with van der Waals surface area (Å²) in [7, 11) is 2.61. The van der Waals surface area contributed by atoms with Gasteiger partial charge in [-0.05, 0) is 133 Å². The predicted octanol–water partition coefficient (Wildman–Crippen LogP) is 9.10. The number of carbonyl (C=O) groups is 4. The van der Waals surface area contributed by atoms with E-state index < -0.39 is 24.3 Å². The molecule has 5 atom stereocenters. The second-order valence-corrected chi connectivity index (χ2v) is 19.1. The van der Waals surface area contributed by atoms with Crippen molar-refractivity contribution in [3.63, 3.8) is 0 Å². The molecule has 2 saturated heterocycles. The molecule has 2 fully saturated rings. The third-order valence-electron chi connectivity index (χ3n) is 14.2. The second kappa shape index (κ2) is 18.8. The van der Waals surface area contributed by atoms with E-state index in [1.54, 1.807) is 0 Å². The van der Waals surface area contributed by atoms with Gasteiger partial charge in [0.25, 0.3) is 0 Å². The zero-order valence-corrected chi connectivity index (χ0v) is 38.9. The van der Waals surface area contributed by atoms with Gasteiger partial charge >= 0.3 is 12.2 Å². The molecule has 0 spiro atoms. The summed E-state index contributed by atoms with van der Waals surface area (Å²) in [6.07, 6.45) is 11.7. The molecule has 4 amide bonds. The maximum absolute atomic E-state index is 13.8. The van der Waals surface area contributed by atoms with Gasteiger partial charge in [0.2, 0.25) is 11.8 Å². The van der Waals surface area contributed by atoms with Gasteiger partial charge in [0.05, 0.1) is 48.4 Å². The molecule has 5 aliphatic carbocycles. The van der Waals surface area contributed by atoms with E-state index in [2.05, 4.69) is 87.4 Å². The number of aryl methyl sites for hydroxylation is 2. The lowest BCUT2D eigenvalue weighted by molar-refractivity contribution is -0.136. The Morgan fingerprint density at radius 2 is 1.24 bits per heavy atom. The summed E-state index contributed by atoms with van der Waals surface area (Å²) in [6.45, 7) is 8.90. The minimum Gasteiger partial charge on any atom is -0.453 e. The molecule has 0 saturated carbocycles. The normalized spacial score (nSPS) is 20.6. The quantitative estimate of drug-likeness (QED) is 0.107. The fraction of sp³-hybridized carbons (Fsp3) is 0.462. The molecule has 14 nitrogen and oxygen atoms in total. The van der Waals surface area contributed by atoms with Crippen molar-refractivity contribution in [3.05, 3.63) is 101 Å². The number of aromatic amines is 2. The molecule has 2 aromatic heterocycles. The second-order valence-electron chi connectivity index (χ2n) is 19.1. The molecule has 0 radical (unpaired) electrons. The Kier molecular flexibility index (Phi) is 12.8. The number of alkyl carbamates (subject to hydrolysis) is 2. The number of H-pyrrole nitrogens is 2. The van der Waals surface area contributed by atoms with Crippen molar-refractivity contribution < 1.29 is 28.7 Å². The number of amides is 4. The fourth-order valence-electron chi connectivity index (χ4n) is 10.6.